The lowest BCUT2D eigenvalue weighted by molar-refractivity contribution is -0.117. The molecule has 1 aromatic heterocycles. The number of hydrogen-bond donors (Lipinski definition) is 2. The van der Waals surface area contributed by atoms with Crippen LogP contribution in [0.4, 0.5) is 5.82 Å². The van der Waals surface area contributed by atoms with Crippen molar-refractivity contribution in [2.45, 2.75) is 32.6 Å². The molecular formula is C16H21N3O2. The molecular weight excluding hydrogens is 266 g/mol. The third-order valence-electron chi connectivity index (χ3n) is 3.53. The number of ether oxygens (including phenoxy) is 1. The minimum Gasteiger partial charge on any atom is -0.497 e. The Morgan fingerprint density at radius 3 is 2.76 bits per heavy atom. The summed E-state index contributed by atoms with van der Waals surface area (Å²) < 4.78 is 5.19. The summed E-state index contributed by atoms with van der Waals surface area (Å²) in [6, 6.07) is 7.54. The van der Waals surface area contributed by atoms with Gasteiger partial charge in [-0.05, 0) is 30.5 Å². The van der Waals surface area contributed by atoms with E-state index < -0.39 is 0 Å². The number of H-pyrrole nitrogens is 1. The number of anilines is 1. The summed E-state index contributed by atoms with van der Waals surface area (Å²) in [6.45, 7) is 5.99. The Balaban J connectivity index is 2.14. The fraction of sp³-hybridized carbons (Fsp3) is 0.375. The van der Waals surface area contributed by atoms with Crippen LogP contribution in [0.15, 0.2) is 30.5 Å². The van der Waals surface area contributed by atoms with Gasteiger partial charge in [-0.15, -0.1) is 0 Å². The van der Waals surface area contributed by atoms with Crippen molar-refractivity contribution in [2.75, 3.05) is 12.4 Å². The molecule has 0 saturated heterocycles. The standard InChI is InChI=1S/C16H21N3O2/c1-10(2)14-9-17-19-15(14)18-16(20)11(3)12-6-5-7-13(8-12)21-4/h5-11H,1-4H3,(H2,17,18,19,20). The molecule has 0 aliphatic carbocycles. The molecule has 1 aromatic carbocycles. The fourth-order valence-electron chi connectivity index (χ4n) is 2.13. The summed E-state index contributed by atoms with van der Waals surface area (Å²) in [7, 11) is 1.61. The van der Waals surface area contributed by atoms with Crippen LogP contribution in [0.1, 0.15) is 43.7 Å². The molecule has 2 rings (SSSR count). The van der Waals surface area contributed by atoms with Crippen LogP contribution < -0.4 is 10.1 Å². The number of carbonyl (C=O) groups is 1. The fourth-order valence-corrected chi connectivity index (χ4v) is 2.13. The average molecular weight is 287 g/mol. The van der Waals surface area contributed by atoms with Gasteiger partial charge in [0.2, 0.25) is 5.91 Å². The number of carbonyl (C=O) groups excluding carboxylic acids is 1. The maximum absolute atomic E-state index is 12.4. The number of rotatable bonds is 5. The largest absolute Gasteiger partial charge is 0.497 e. The highest BCUT2D eigenvalue weighted by Gasteiger charge is 2.18. The van der Waals surface area contributed by atoms with Gasteiger partial charge in [0.1, 0.15) is 11.6 Å². The van der Waals surface area contributed by atoms with Crippen molar-refractivity contribution in [3.8, 4) is 5.75 Å². The highest BCUT2D eigenvalue weighted by Crippen LogP contribution is 2.25. The maximum Gasteiger partial charge on any atom is 0.232 e. The number of methoxy groups -OCH3 is 1. The van der Waals surface area contributed by atoms with Crippen molar-refractivity contribution in [1.82, 2.24) is 10.2 Å². The molecule has 1 amide bonds. The van der Waals surface area contributed by atoms with E-state index in [1.165, 1.54) is 0 Å². The van der Waals surface area contributed by atoms with Gasteiger partial charge in [0.15, 0.2) is 0 Å². The molecule has 1 heterocycles. The number of aromatic nitrogens is 2. The van der Waals surface area contributed by atoms with Crippen LogP contribution in [0, 0.1) is 0 Å². The molecule has 112 valence electrons. The quantitative estimate of drug-likeness (QED) is 0.886. The van der Waals surface area contributed by atoms with Gasteiger partial charge in [-0.1, -0.05) is 26.0 Å². The molecule has 2 aromatic rings. The predicted molar refractivity (Wildman–Crippen MR) is 82.7 cm³/mol. The van der Waals surface area contributed by atoms with E-state index in [-0.39, 0.29) is 11.8 Å². The minimum atomic E-state index is -0.275. The topological polar surface area (TPSA) is 67.0 Å². The number of aromatic amines is 1. The van der Waals surface area contributed by atoms with E-state index in [0.717, 1.165) is 16.9 Å². The van der Waals surface area contributed by atoms with Gasteiger partial charge in [-0.2, -0.15) is 5.10 Å². The van der Waals surface area contributed by atoms with Gasteiger partial charge >= 0.3 is 0 Å². The smallest absolute Gasteiger partial charge is 0.232 e. The van der Waals surface area contributed by atoms with Gasteiger partial charge in [0, 0.05) is 5.56 Å². The van der Waals surface area contributed by atoms with E-state index in [2.05, 4.69) is 29.4 Å². The molecule has 5 nitrogen and oxygen atoms in total. The minimum absolute atomic E-state index is 0.0746. The summed E-state index contributed by atoms with van der Waals surface area (Å²) >= 11 is 0. The highest BCUT2D eigenvalue weighted by atomic mass is 16.5. The summed E-state index contributed by atoms with van der Waals surface area (Å²) in [6.07, 6.45) is 1.75. The number of benzene rings is 1. The SMILES string of the molecule is COc1cccc(C(C)C(=O)Nc2[nH]ncc2C(C)C)c1. The first-order chi connectivity index (χ1) is 10.0. The first-order valence-corrected chi connectivity index (χ1v) is 7.01. The summed E-state index contributed by atoms with van der Waals surface area (Å²) in [5, 5.41) is 9.75. The monoisotopic (exact) mass is 287 g/mol. The molecule has 5 heteroatoms. The molecule has 2 N–H and O–H groups in total. The van der Waals surface area contributed by atoms with Gasteiger partial charge in [0.25, 0.3) is 0 Å². The van der Waals surface area contributed by atoms with Crippen molar-refractivity contribution in [3.63, 3.8) is 0 Å². The Labute approximate surface area is 124 Å². The lowest BCUT2D eigenvalue weighted by Gasteiger charge is -2.14. The zero-order valence-corrected chi connectivity index (χ0v) is 12.8. The predicted octanol–water partition coefficient (Wildman–Crippen LogP) is 3.28. The zero-order valence-electron chi connectivity index (χ0n) is 12.8. The second-order valence-corrected chi connectivity index (χ2v) is 5.34. The molecule has 0 fully saturated rings. The third kappa shape index (κ3) is 3.42. The van der Waals surface area contributed by atoms with Crippen LogP contribution >= 0.6 is 0 Å². The van der Waals surface area contributed by atoms with Crippen LogP contribution in [-0.4, -0.2) is 23.2 Å². The van der Waals surface area contributed by atoms with Crippen molar-refractivity contribution in [3.05, 3.63) is 41.6 Å². The molecule has 1 atom stereocenters. The second-order valence-electron chi connectivity index (χ2n) is 5.34. The second kappa shape index (κ2) is 6.43. The summed E-state index contributed by atoms with van der Waals surface area (Å²) in [5.41, 5.74) is 1.92. The Morgan fingerprint density at radius 1 is 1.33 bits per heavy atom. The van der Waals surface area contributed by atoms with Crippen LogP contribution in [0.25, 0.3) is 0 Å². The average Bonchev–Trinajstić information content (AvgIpc) is 2.94. The summed E-state index contributed by atoms with van der Waals surface area (Å²) in [4.78, 5) is 12.4. The molecule has 0 aliphatic rings. The Bertz CT molecular complexity index is 619. The lowest BCUT2D eigenvalue weighted by atomic mass is 10.00. The molecule has 0 radical (unpaired) electrons. The Hall–Kier alpha value is -2.30. The van der Waals surface area contributed by atoms with Gasteiger partial charge < -0.3 is 10.1 Å². The van der Waals surface area contributed by atoms with Crippen molar-refractivity contribution in [2.24, 2.45) is 0 Å². The molecule has 1 unspecified atom stereocenters. The molecule has 21 heavy (non-hydrogen) atoms. The van der Waals surface area contributed by atoms with Gasteiger partial charge in [-0.25, -0.2) is 0 Å². The van der Waals surface area contributed by atoms with Gasteiger partial charge in [-0.3, -0.25) is 9.89 Å². The van der Waals surface area contributed by atoms with Crippen LogP contribution in [0.3, 0.4) is 0 Å². The number of nitrogens with one attached hydrogen (secondary N) is 2. The van der Waals surface area contributed by atoms with Crippen molar-refractivity contribution < 1.29 is 9.53 Å². The number of amides is 1. The molecule has 0 spiro atoms. The van der Waals surface area contributed by atoms with Crippen LogP contribution in [0.5, 0.6) is 5.75 Å². The third-order valence-corrected chi connectivity index (χ3v) is 3.53. The highest BCUT2D eigenvalue weighted by molar-refractivity contribution is 5.95. The van der Waals surface area contributed by atoms with Crippen molar-refractivity contribution >= 4 is 11.7 Å². The van der Waals surface area contributed by atoms with Crippen molar-refractivity contribution in [1.29, 1.82) is 0 Å². The Kier molecular flexibility index (Phi) is 4.62. The van der Waals surface area contributed by atoms with Crippen LogP contribution in [-0.2, 0) is 4.79 Å². The van der Waals surface area contributed by atoms with Crippen LogP contribution in [0.2, 0.25) is 0 Å². The first-order valence-electron chi connectivity index (χ1n) is 7.01. The molecule has 0 aliphatic heterocycles. The first kappa shape index (κ1) is 15.1. The van der Waals surface area contributed by atoms with E-state index >= 15 is 0 Å². The van der Waals surface area contributed by atoms with E-state index in [9.17, 15) is 4.79 Å². The molecule has 0 bridgehead atoms. The lowest BCUT2D eigenvalue weighted by Crippen LogP contribution is -2.20. The maximum atomic E-state index is 12.4. The number of hydrogen-bond acceptors (Lipinski definition) is 3. The normalized spacial score (nSPS) is 12.2. The molecule has 0 saturated carbocycles. The Morgan fingerprint density at radius 2 is 2.10 bits per heavy atom. The summed E-state index contributed by atoms with van der Waals surface area (Å²) in [5.74, 6) is 1.37. The van der Waals surface area contributed by atoms with E-state index in [4.69, 9.17) is 4.74 Å². The van der Waals surface area contributed by atoms with E-state index in [0.29, 0.717) is 11.7 Å². The number of nitrogens with zero attached hydrogens (tertiary/aromatic N) is 1. The van der Waals surface area contributed by atoms with E-state index in [1.807, 2.05) is 31.2 Å². The van der Waals surface area contributed by atoms with Gasteiger partial charge in [0.05, 0.1) is 19.2 Å². The van der Waals surface area contributed by atoms with E-state index in [1.54, 1.807) is 13.3 Å². The zero-order chi connectivity index (χ0) is 15.4.